The number of fused-ring (bicyclic) bond motifs is 2. The summed E-state index contributed by atoms with van der Waals surface area (Å²) < 4.78 is 11.8. The lowest BCUT2D eigenvalue weighted by atomic mass is 9.82. The lowest BCUT2D eigenvalue weighted by Gasteiger charge is -2.40. The predicted molar refractivity (Wildman–Crippen MR) is 221 cm³/mol. The first-order chi connectivity index (χ1) is 28.2. The van der Waals surface area contributed by atoms with E-state index in [2.05, 4.69) is 21.3 Å². The molecule has 0 aromatic heterocycles. The van der Waals surface area contributed by atoms with Gasteiger partial charge in [0.25, 0.3) is 5.91 Å². The van der Waals surface area contributed by atoms with Crippen molar-refractivity contribution in [3.63, 3.8) is 0 Å². The molecule has 2 heterocycles. The Morgan fingerprint density at radius 3 is 2.36 bits per heavy atom. The minimum absolute atomic E-state index is 0.0774. The van der Waals surface area contributed by atoms with Crippen molar-refractivity contribution in [2.24, 2.45) is 5.92 Å². The number of carbonyl (C=O) groups excluding carboxylic acids is 6. The highest BCUT2D eigenvalue weighted by atomic mass is 16.6. The molecule has 59 heavy (non-hydrogen) atoms. The fourth-order valence-electron chi connectivity index (χ4n) is 8.19. The van der Waals surface area contributed by atoms with Crippen molar-refractivity contribution in [3.05, 3.63) is 65.2 Å². The molecule has 3 bridgehead atoms. The lowest BCUT2D eigenvalue weighted by Crippen LogP contribution is -2.61. The number of amides is 5. The first-order valence-electron chi connectivity index (χ1n) is 21.4. The summed E-state index contributed by atoms with van der Waals surface area (Å²) in [4.78, 5) is 83.9. The maximum Gasteiger partial charge on any atom is 0.290 e. The van der Waals surface area contributed by atoms with Gasteiger partial charge in [0.1, 0.15) is 23.9 Å². The molecule has 0 radical (unpaired) electrons. The summed E-state index contributed by atoms with van der Waals surface area (Å²) in [6, 6.07) is 10.4. The van der Waals surface area contributed by atoms with Crippen LogP contribution in [0.2, 0.25) is 0 Å². The number of benzene rings is 2. The van der Waals surface area contributed by atoms with E-state index in [0.29, 0.717) is 37.2 Å². The van der Waals surface area contributed by atoms with Crippen LogP contribution in [0.15, 0.2) is 48.5 Å². The normalized spacial score (nSPS) is 21.0. The van der Waals surface area contributed by atoms with Crippen LogP contribution < -0.4 is 26.0 Å². The Bertz CT molecular complexity index is 1770. The number of hydrogen-bond acceptors (Lipinski definition) is 9. The highest BCUT2D eigenvalue weighted by molar-refractivity contribution is 6.38. The molecule has 0 spiro atoms. The van der Waals surface area contributed by atoms with Crippen LogP contribution in [-0.4, -0.2) is 88.5 Å². The number of ether oxygens (including phenoxy) is 2. The van der Waals surface area contributed by atoms with Gasteiger partial charge in [-0.05, 0) is 87.6 Å². The van der Waals surface area contributed by atoms with Gasteiger partial charge in [-0.3, -0.25) is 28.8 Å². The van der Waals surface area contributed by atoms with Crippen LogP contribution in [0.25, 0.3) is 0 Å². The Labute approximate surface area is 347 Å². The Hall–Kier alpha value is -4.82. The second-order valence-corrected chi connectivity index (χ2v) is 17.0. The molecule has 5 rings (SSSR count). The van der Waals surface area contributed by atoms with Crippen molar-refractivity contribution in [1.29, 1.82) is 0 Å². The topological polar surface area (TPSA) is 192 Å². The van der Waals surface area contributed by atoms with E-state index in [1.54, 1.807) is 51.1 Å². The molecule has 2 aliphatic heterocycles. The van der Waals surface area contributed by atoms with E-state index in [-0.39, 0.29) is 37.1 Å². The van der Waals surface area contributed by atoms with Gasteiger partial charge in [-0.15, -0.1) is 0 Å². The van der Waals surface area contributed by atoms with Gasteiger partial charge in [-0.1, -0.05) is 81.8 Å². The highest BCUT2D eigenvalue weighted by Gasteiger charge is 2.42. The van der Waals surface area contributed by atoms with E-state index in [1.807, 2.05) is 25.1 Å². The molecule has 14 nitrogen and oxygen atoms in total. The Morgan fingerprint density at radius 2 is 1.64 bits per heavy atom. The molecule has 2 aromatic carbocycles. The molecular formula is C45H63N5O9. The lowest BCUT2D eigenvalue weighted by molar-refractivity contribution is -0.183. The minimum atomic E-state index is -1.41. The van der Waals surface area contributed by atoms with Crippen LogP contribution in [0.5, 0.6) is 5.75 Å². The van der Waals surface area contributed by atoms with E-state index < -0.39 is 66.1 Å². The maximum absolute atomic E-state index is 14.7. The van der Waals surface area contributed by atoms with Crippen molar-refractivity contribution in [3.8, 4) is 5.75 Å². The monoisotopic (exact) mass is 817 g/mol. The molecule has 5 amide bonds. The quantitative estimate of drug-likeness (QED) is 0.145. The molecule has 0 saturated heterocycles. The summed E-state index contributed by atoms with van der Waals surface area (Å²) in [6.07, 6.45) is 7.50. The zero-order valence-corrected chi connectivity index (χ0v) is 35.1. The molecule has 3 aliphatic rings. The van der Waals surface area contributed by atoms with E-state index in [1.165, 1.54) is 4.90 Å². The molecule has 2 aromatic rings. The molecule has 5 atom stereocenters. The Balaban J connectivity index is 1.32. The van der Waals surface area contributed by atoms with Gasteiger partial charge in [0.15, 0.2) is 6.29 Å². The highest BCUT2D eigenvalue weighted by Crippen LogP contribution is 2.32. The van der Waals surface area contributed by atoms with Crippen LogP contribution in [0, 0.1) is 5.92 Å². The second kappa shape index (κ2) is 21.4. The molecule has 322 valence electrons. The SMILES string of the molecule is CCCC(NC(=O)C1Cc2ccc3cc2CN1C(=O)C(C1CCCCC1)NC(=O)CCCCCCO3)C(=O)C(=O)NCC(=O)N[C@@H](c1ccccc1)C(O)OC(C)(C)C. The summed E-state index contributed by atoms with van der Waals surface area (Å²) in [5, 5.41) is 21.8. The van der Waals surface area contributed by atoms with Gasteiger partial charge < -0.3 is 40.7 Å². The van der Waals surface area contributed by atoms with E-state index in [0.717, 1.165) is 62.5 Å². The van der Waals surface area contributed by atoms with Gasteiger partial charge in [0, 0.05) is 19.4 Å². The molecule has 14 heteroatoms. The first-order valence-corrected chi connectivity index (χ1v) is 21.4. The van der Waals surface area contributed by atoms with E-state index in [4.69, 9.17) is 9.47 Å². The summed E-state index contributed by atoms with van der Waals surface area (Å²) in [7, 11) is 0. The van der Waals surface area contributed by atoms with Gasteiger partial charge in [0.05, 0.1) is 24.8 Å². The summed E-state index contributed by atoms with van der Waals surface area (Å²) in [5.74, 6) is -3.19. The number of ketones is 1. The van der Waals surface area contributed by atoms with Crippen LogP contribution in [-0.2, 0) is 46.5 Å². The van der Waals surface area contributed by atoms with Crippen LogP contribution in [0.1, 0.15) is 127 Å². The average molecular weight is 818 g/mol. The fraction of sp³-hybridized carbons (Fsp3) is 0.600. The van der Waals surface area contributed by atoms with Crippen LogP contribution >= 0.6 is 0 Å². The summed E-state index contributed by atoms with van der Waals surface area (Å²) in [6.45, 7) is 7.16. The number of Topliss-reactive ketones (excluding diaryl/α,β-unsaturated/α-hetero) is 1. The number of aliphatic hydroxyl groups excluding tert-OH is 1. The number of rotatable bonds is 13. The molecule has 5 N–H and O–H groups in total. The number of aliphatic hydroxyl groups is 1. The van der Waals surface area contributed by atoms with E-state index >= 15 is 0 Å². The number of carbonyl (C=O) groups is 6. The summed E-state index contributed by atoms with van der Waals surface area (Å²) >= 11 is 0. The fourth-order valence-corrected chi connectivity index (χ4v) is 8.19. The number of nitrogens with zero attached hydrogens (tertiary/aromatic N) is 1. The minimum Gasteiger partial charge on any atom is -0.494 e. The average Bonchev–Trinajstić information content (AvgIpc) is 3.21. The van der Waals surface area contributed by atoms with Crippen molar-refractivity contribution >= 4 is 35.3 Å². The number of nitrogens with one attached hydrogen (secondary N) is 4. The predicted octanol–water partition coefficient (Wildman–Crippen LogP) is 4.31. The molecular weight excluding hydrogens is 755 g/mol. The van der Waals surface area contributed by atoms with Gasteiger partial charge in [-0.25, -0.2) is 0 Å². The largest absolute Gasteiger partial charge is 0.494 e. The first kappa shape index (κ1) is 45.3. The zero-order chi connectivity index (χ0) is 42.5. The second-order valence-electron chi connectivity index (χ2n) is 17.0. The maximum atomic E-state index is 14.7. The molecule has 1 saturated carbocycles. The van der Waals surface area contributed by atoms with Gasteiger partial charge >= 0.3 is 0 Å². The number of hydrogen-bond donors (Lipinski definition) is 5. The van der Waals surface area contributed by atoms with Gasteiger partial charge in [0.2, 0.25) is 29.4 Å². The standard InChI is InChI=1S/C45H63N5O9/c1-5-16-34(40(53)42(55)46-27-37(52)49-39(30-19-12-9-13-20-30)44(57)59-45(2,3)4)47-41(54)35-26-31-22-23-33-25-32(31)28-50(35)43(56)38(29-17-10-8-11-18-29)48-36(51)21-14-6-7-15-24-58-33/h9,12-13,19-20,22-23,25,29,34-35,38-39,44,57H,5-8,10-11,14-18,21,24,26-28H2,1-4H3,(H,46,55)(H,47,54)(H,48,51)(H,49,52)/t34?,35?,38?,39-,44?/m0/s1. The zero-order valence-electron chi connectivity index (χ0n) is 35.1. The van der Waals surface area contributed by atoms with Crippen LogP contribution in [0.3, 0.4) is 0 Å². The van der Waals surface area contributed by atoms with Crippen molar-refractivity contribution in [1.82, 2.24) is 26.2 Å². The third-order valence-electron chi connectivity index (χ3n) is 11.2. The van der Waals surface area contributed by atoms with Crippen molar-refractivity contribution in [2.75, 3.05) is 13.2 Å². The molecule has 1 fully saturated rings. The van der Waals surface area contributed by atoms with Gasteiger partial charge in [-0.2, -0.15) is 0 Å². The summed E-state index contributed by atoms with van der Waals surface area (Å²) in [5.41, 5.74) is 1.55. The smallest absolute Gasteiger partial charge is 0.290 e. The Kier molecular flexibility index (Phi) is 16.4. The van der Waals surface area contributed by atoms with E-state index in [9.17, 15) is 33.9 Å². The Morgan fingerprint density at radius 1 is 0.932 bits per heavy atom. The molecule has 1 aliphatic carbocycles. The third kappa shape index (κ3) is 13.1. The molecule has 4 unspecified atom stereocenters. The third-order valence-corrected chi connectivity index (χ3v) is 11.2. The van der Waals surface area contributed by atoms with Crippen molar-refractivity contribution < 1.29 is 43.3 Å². The van der Waals surface area contributed by atoms with Crippen LogP contribution in [0.4, 0.5) is 0 Å². The van der Waals surface area contributed by atoms with Crippen molar-refractivity contribution in [2.45, 2.75) is 154 Å².